The van der Waals surface area contributed by atoms with Crippen LogP contribution in [0, 0.1) is 6.92 Å². The van der Waals surface area contributed by atoms with Crippen LogP contribution in [-0.4, -0.2) is 70.0 Å². The minimum atomic E-state index is -1.74. The summed E-state index contributed by atoms with van der Waals surface area (Å²) >= 11 is 0. The molecule has 2 N–H and O–H groups in total. The molecule has 0 saturated carbocycles. The number of hydrogen-bond donors (Lipinski definition) is 1. The maximum absolute atomic E-state index is 15.8. The molecule has 3 aliphatic heterocycles. The Hall–Kier alpha value is -2.51. The zero-order valence-electron chi connectivity index (χ0n) is 20.9. The highest BCUT2D eigenvalue weighted by Gasteiger charge is 2.45. The molecular weight excluding hydrogens is 441 g/mol. The van der Waals surface area contributed by atoms with Gasteiger partial charge in [0.15, 0.2) is 5.67 Å². The lowest BCUT2D eigenvalue weighted by atomic mass is 9.90. The van der Waals surface area contributed by atoms with Crippen molar-refractivity contribution in [3.63, 3.8) is 0 Å². The first-order valence-electron chi connectivity index (χ1n) is 13.1. The van der Waals surface area contributed by atoms with Crippen LogP contribution in [0.3, 0.4) is 0 Å². The summed E-state index contributed by atoms with van der Waals surface area (Å²) in [4.78, 5) is 23.8. The fourth-order valence-corrected chi connectivity index (χ4v) is 6.08. The maximum Gasteiger partial charge on any atom is 0.260 e. The number of nitrogen functional groups attached to an aromatic ring is 1. The number of carbonyl (C=O) groups is 1. The second-order valence-electron chi connectivity index (χ2n) is 10.7. The lowest BCUT2D eigenvalue weighted by molar-refractivity contribution is -0.149. The first-order chi connectivity index (χ1) is 16.9. The molecule has 0 atom stereocenters. The van der Waals surface area contributed by atoms with Crippen molar-refractivity contribution >= 4 is 11.7 Å². The van der Waals surface area contributed by atoms with Gasteiger partial charge in [0.05, 0.1) is 0 Å². The Morgan fingerprint density at radius 3 is 2.60 bits per heavy atom. The fourth-order valence-electron chi connectivity index (χ4n) is 6.08. The molecule has 0 aliphatic carbocycles. The van der Waals surface area contributed by atoms with E-state index in [0.29, 0.717) is 44.6 Å². The Balaban J connectivity index is 1.13. The second kappa shape index (κ2) is 10.2. The SMILES string of the molecule is Cc1ccc2c(c1)CN(C1CCN(C(=O)C3(F)CCN(Cc4ccnc(N)c4)CC3)CC1)CCC2. The van der Waals surface area contributed by atoms with Gasteiger partial charge in [0.25, 0.3) is 5.91 Å². The Bertz CT molecular complexity index is 1040. The summed E-state index contributed by atoms with van der Waals surface area (Å²) in [6.45, 7) is 7.42. The first kappa shape index (κ1) is 24.2. The number of nitrogens with zero attached hydrogens (tertiary/aromatic N) is 4. The van der Waals surface area contributed by atoms with Crippen LogP contribution in [0.15, 0.2) is 36.5 Å². The Morgan fingerprint density at radius 2 is 1.86 bits per heavy atom. The lowest BCUT2D eigenvalue weighted by Crippen LogP contribution is -2.55. The van der Waals surface area contributed by atoms with Gasteiger partial charge in [-0.2, -0.15) is 0 Å². The summed E-state index contributed by atoms with van der Waals surface area (Å²) < 4.78 is 15.8. The van der Waals surface area contributed by atoms with E-state index in [9.17, 15) is 4.79 Å². The zero-order chi connectivity index (χ0) is 24.4. The van der Waals surface area contributed by atoms with E-state index in [1.807, 2.05) is 12.1 Å². The number of alkyl halides is 1. The normalized spacial score (nSPS) is 21.9. The summed E-state index contributed by atoms with van der Waals surface area (Å²) in [5, 5.41) is 0. The van der Waals surface area contributed by atoms with Gasteiger partial charge in [-0.3, -0.25) is 14.6 Å². The van der Waals surface area contributed by atoms with Gasteiger partial charge in [-0.1, -0.05) is 23.8 Å². The second-order valence-corrected chi connectivity index (χ2v) is 10.7. The first-order valence-corrected chi connectivity index (χ1v) is 13.1. The van der Waals surface area contributed by atoms with Crippen LogP contribution in [-0.2, 0) is 24.3 Å². The topological polar surface area (TPSA) is 65.7 Å². The average Bonchev–Trinajstić information content (AvgIpc) is 3.07. The number of piperidine rings is 2. The summed E-state index contributed by atoms with van der Waals surface area (Å²) in [6.07, 6.45) is 6.39. The van der Waals surface area contributed by atoms with Crippen LogP contribution in [0.25, 0.3) is 0 Å². The molecule has 188 valence electrons. The number of aromatic nitrogens is 1. The number of nitrogens with two attached hydrogens (primary N) is 1. The number of carbonyl (C=O) groups excluding carboxylic acids is 1. The number of halogens is 1. The maximum atomic E-state index is 15.8. The molecule has 1 aromatic heterocycles. The van der Waals surface area contributed by atoms with Crippen molar-refractivity contribution in [2.24, 2.45) is 0 Å². The van der Waals surface area contributed by atoms with Gasteiger partial charge in [0.2, 0.25) is 0 Å². The molecule has 1 aromatic carbocycles. The minimum Gasteiger partial charge on any atom is -0.384 e. The van der Waals surface area contributed by atoms with Crippen LogP contribution in [0.1, 0.15) is 54.4 Å². The molecule has 0 radical (unpaired) electrons. The highest BCUT2D eigenvalue weighted by atomic mass is 19.1. The van der Waals surface area contributed by atoms with Gasteiger partial charge in [0, 0.05) is 64.3 Å². The van der Waals surface area contributed by atoms with Crippen LogP contribution < -0.4 is 5.73 Å². The summed E-state index contributed by atoms with van der Waals surface area (Å²) in [6, 6.07) is 11.1. The van der Waals surface area contributed by atoms with Crippen molar-refractivity contribution < 1.29 is 9.18 Å². The van der Waals surface area contributed by atoms with Crippen molar-refractivity contribution in [2.45, 2.75) is 70.2 Å². The number of amides is 1. The van der Waals surface area contributed by atoms with Crippen LogP contribution in [0.5, 0.6) is 0 Å². The molecule has 0 bridgehead atoms. The number of aryl methyl sites for hydroxylation is 2. The van der Waals surface area contributed by atoms with Crippen molar-refractivity contribution in [2.75, 3.05) is 38.5 Å². The van der Waals surface area contributed by atoms with Gasteiger partial charge in [-0.05, 0) is 68.0 Å². The molecule has 2 saturated heterocycles. The molecule has 4 heterocycles. The molecule has 5 rings (SSSR count). The number of hydrogen-bond acceptors (Lipinski definition) is 5. The van der Waals surface area contributed by atoms with Crippen molar-refractivity contribution in [3.05, 3.63) is 58.8 Å². The van der Waals surface area contributed by atoms with Crippen molar-refractivity contribution in [1.29, 1.82) is 0 Å². The van der Waals surface area contributed by atoms with Gasteiger partial charge in [-0.25, -0.2) is 9.37 Å². The van der Waals surface area contributed by atoms with Gasteiger partial charge < -0.3 is 10.6 Å². The molecule has 6 nitrogen and oxygen atoms in total. The Labute approximate surface area is 208 Å². The van der Waals surface area contributed by atoms with Crippen molar-refractivity contribution in [1.82, 2.24) is 19.7 Å². The standard InChI is InChI=1S/C28H38FN5O/c1-21-4-5-23-3-2-12-34(20-24(23)17-21)25-7-13-33(14-8-25)27(35)28(29)9-15-32(16-10-28)19-22-6-11-31-26(30)18-22/h4-6,11,17-18,25H,2-3,7-10,12-16,19-20H2,1H3,(H2,30,31). The summed E-state index contributed by atoms with van der Waals surface area (Å²) in [5.74, 6) is 0.206. The Kier molecular flexibility index (Phi) is 7.07. The van der Waals surface area contributed by atoms with Crippen LogP contribution >= 0.6 is 0 Å². The molecular formula is C28H38FN5O. The summed E-state index contributed by atoms with van der Waals surface area (Å²) in [7, 11) is 0. The molecule has 2 aromatic rings. The monoisotopic (exact) mass is 479 g/mol. The van der Waals surface area contributed by atoms with E-state index < -0.39 is 5.67 Å². The predicted octanol–water partition coefficient (Wildman–Crippen LogP) is 3.72. The summed E-state index contributed by atoms with van der Waals surface area (Å²) in [5.41, 5.74) is 9.35. The molecule has 0 spiro atoms. The lowest BCUT2D eigenvalue weighted by Gasteiger charge is -2.42. The van der Waals surface area contributed by atoms with Gasteiger partial charge in [0.1, 0.15) is 5.82 Å². The van der Waals surface area contributed by atoms with Gasteiger partial charge in [-0.15, -0.1) is 0 Å². The Morgan fingerprint density at radius 1 is 1.09 bits per heavy atom. The van der Waals surface area contributed by atoms with Crippen molar-refractivity contribution in [3.8, 4) is 0 Å². The third-order valence-corrected chi connectivity index (χ3v) is 8.18. The van der Waals surface area contributed by atoms with E-state index in [1.54, 1.807) is 11.1 Å². The van der Waals surface area contributed by atoms with Crippen LogP contribution in [0.2, 0.25) is 0 Å². The van der Waals surface area contributed by atoms with E-state index in [1.165, 1.54) is 23.1 Å². The fraction of sp³-hybridized carbons (Fsp3) is 0.571. The highest BCUT2D eigenvalue weighted by Crippen LogP contribution is 2.32. The van der Waals surface area contributed by atoms with E-state index in [2.05, 4.69) is 39.9 Å². The minimum absolute atomic E-state index is 0.259. The molecule has 0 unspecified atom stereocenters. The smallest absolute Gasteiger partial charge is 0.260 e. The van der Waals surface area contributed by atoms with E-state index >= 15 is 4.39 Å². The third-order valence-electron chi connectivity index (χ3n) is 8.18. The zero-order valence-corrected chi connectivity index (χ0v) is 20.9. The van der Waals surface area contributed by atoms with Gasteiger partial charge >= 0.3 is 0 Å². The number of benzene rings is 1. The molecule has 35 heavy (non-hydrogen) atoms. The number of anilines is 1. The molecule has 3 aliphatic rings. The molecule has 7 heteroatoms. The third kappa shape index (κ3) is 5.51. The predicted molar refractivity (Wildman–Crippen MR) is 137 cm³/mol. The quantitative estimate of drug-likeness (QED) is 0.724. The van der Waals surface area contributed by atoms with E-state index in [0.717, 1.165) is 37.9 Å². The molecule has 1 amide bonds. The number of pyridine rings is 1. The molecule has 2 fully saturated rings. The number of rotatable bonds is 4. The number of fused-ring (bicyclic) bond motifs is 1. The van der Waals surface area contributed by atoms with E-state index in [-0.39, 0.29) is 18.7 Å². The number of likely N-dealkylation sites (tertiary alicyclic amines) is 2. The van der Waals surface area contributed by atoms with E-state index in [4.69, 9.17) is 5.73 Å². The highest BCUT2D eigenvalue weighted by molar-refractivity contribution is 5.85. The average molecular weight is 480 g/mol. The van der Waals surface area contributed by atoms with Crippen LogP contribution in [0.4, 0.5) is 10.2 Å². The largest absolute Gasteiger partial charge is 0.384 e.